The van der Waals surface area contributed by atoms with Crippen LogP contribution >= 0.6 is 33.2 Å². The van der Waals surface area contributed by atoms with Gasteiger partial charge in [0.2, 0.25) is 0 Å². The van der Waals surface area contributed by atoms with Crippen LogP contribution in [0.3, 0.4) is 0 Å². The van der Waals surface area contributed by atoms with Crippen LogP contribution < -0.4 is 0 Å². The molecule has 1 nitrogen and oxygen atoms in total. The average molecular weight is 296 g/mol. The lowest BCUT2D eigenvalue weighted by Gasteiger charge is -2.26. The van der Waals surface area contributed by atoms with Gasteiger partial charge in [-0.15, -0.1) is 33.2 Å². The van der Waals surface area contributed by atoms with Crippen molar-refractivity contribution < 1.29 is 4.43 Å². The molecule has 1 atom stereocenters. The Labute approximate surface area is 99.2 Å². The summed E-state index contributed by atoms with van der Waals surface area (Å²) >= 11 is 17.6. The average Bonchev–Trinajstić information content (AvgIpc) is 1.79. The van der Waals surface area contributed by atoms with E-state index in [9.17, 15) is 0 Å². The van der Waals surface area contributed by atoms with E-state index in [1.54, 1.807) is 0 Å². The molecule has 0 saturated carbocycles. The van der Waals surface area contributed by atoms with E-state index in [1.165, 1.54) is 0 Å². The molecular formula is C6H17Cl3OSi3. The Kier molecular flexibility index (Phi) is 6.16. The van der Waals surface area contributed by atoms with Crippen LogP contribution in [-0.2, 0) is 4.43 Å². The van der Waals surface area contributed by atoms with Gasteiger partial charge in [0.15, 0.2) is 8.32 Å². The molecule has 80 valence electrons. The van der Waals surface area contributed by atoms with Gasteiger partial charge in [-0.05, 0) is 19.6 Å². The molecule has 7 heteroatoms. The molecule has 0 aliphatic heterocycles. The van der Waals surface area contributed by atoms with Gasteiger partial charge >= 0.3 is 6.00 Å². The molecule has 0 N–H and O–H groups in total. The van der Waals surface area contributed by atoms with E-state index in [4.69, 9.17) is 37.7 Å². The van der Waals surface area contributed by atoms with Gasteiger partial charge in [-0.2, -0.15) is 0 Å². The molecule has 0 aromatic carbocycles. The van der Waals surface area contributed by atoms with Crippen molar-refractivity contribution in [3.63, 3.8) is 0 Å². The lowest BCUT2D eigenvalue weighted by Crippen LogP contribution is -2.37. The summed E-state index contributed by atoms with van der Waals surface area (Å²) in [6, 6.07) is -1.82. The van der Waals surface area contributed by atoms with Gasteiger partial charge < -0.3 is 4.43 Å². The van der Waals surface area contributed by atoms with Crippen molar-refractivity contribution in [1.82, 2.24) is 0 Å². The summed E-state index contributed by atoms with van der Waals surface area (Å²) in [6.45, 7) is 8.72. The monoisotopic (exact) mass is 294 g/mol. The van der Waals surface area contributed by atoms with Crippen LogP contribution in [0.15, 0.2) is 0 Å². The van der Waals surface area contributed by atoms with Crippen LogP contribution in [0.1, 0.15) is 0 Å². The van der Waals surface area contributed by atoms with E-state index < -0.39 is 14.3 Å². The summed E-state index contributed by atoms with van der Waals surface area (Å²) in [5.41, 5.74) is 0.269. The van der Waals surface area contributed by atoms with Gasteiger partial charge in [-0.3, -0.25) is 0 Å². The van der Waals surface area contributed by atoms with Crippen molar-refractivity contribution in [2.75, 3.05) is 0 Å². The first-order valence-electron chi connectivity index (χ1n) is 4.38. The molecule has 0 aliphatic rings. The summed E-state index contributed by atoms with van der Waals surface area (Å²) in [5.74, 6) is 0. The first-order valence-corrected chi connectivity index (χ1v) is 15.3. The van der Waals surface area contributed by atoms with Gasteiger partial charge in [0, 0.05) is 11.8 Å². The van der Waals surface area contributed by atoms with Gasteiger partial charge in [0.1, 0.15) is 0 Å². The van der Waals surface area contributed by atoms with E-state index in [1.807, 2.05) is 0 Å². The first kappa shape index (κ1) is 14.5. The fraction of sp³-hybridized carbons (Fsp3) is 1.00. The van der Waals surface area contributed by atoms with E-state index >= 15 is 0 Å². The molecule has 0 bridgehead atoms. The highest BCUT2D eigenvalue weighted by molar-refractivity contribution is 7.64. The lowest BCUT2D eigenvalue weighted by molar-refractivity contribution is 0.290. The fourth-order valence-corrected chi connectivity index (χ4v) is 10.7. The Hall–Kier alpha value is 1.48. The SMILES string of the molecule is C[SiH2]C(C[Si](Cl)(Cl)Cl)O[Si](C)(C)C. The molecule has 13 heavy (non-hydrogen) atoms. The third kappa shape index (κ3) is 9.78. The maximum Gasteiger partial charge on any atom is 0.343 e. The molecule has 0 heterocycles. The summed E-state index contributed by atoms with van der Waals surface area (Å²) in [4.78, 5) is 0. The van der Waals surface area contributed by atoms with Crippen LogP contribution in [0.4, 0.5) is 0 Å². The zero-order valence-corrected chi connectivity index (χ0v) is 14.2. The van der Waals surface area contributed by atoms with E-state index in [0.29, 0.717) is 6.04 Å². The third-order valence-electron chi connectivity index (χ3n) is 1.43. The largest absolute Gasteiger partial charge is 0.419 e. The highest BCUT2D eigenvalue weighted by Gasteiger charge is 2.31. The molecule has 1 unspecified atom stereocenters. The summed E-state index contributed by atoms with van der Waals surface area (Å²) < 4.78 is 5.94. The van der Waals surface area contributed by atoms with Crippen molar-refractivity contribution in [3.05, 3.63) is 0 Å². The zero-order chi connectivity index (χ0) is 10.7. The van der Waals surface area contributed by atoms with Crippen LogP contribution in [0.25, 0.3) is 0 Å². The van der Waals surface area contributed by atoms with Crippen LogP contribution in [0, 0.1) is 0 Å². The van der Waals surface area contributed by atoms with E-state index in [-0.39, 0.29) is 15.2 Å². The molecule has 0 aromatic rings. The minimum Gasteiger partial charge on any atom is -0.419 e. The standard InChI is InChI=1S/C6H17Cl3OSi3/c1-11-6(5-13(7,8)9)10-12(2,3)4/h6H,5,11H2,1-4H3. The maximum absolute atomic E-state index is 5.94. The Morgan fingerprint density at radius 2 is 1.69 bits per heavy atom. The van der Waals surface area contributed by atoms with E-state index in [0.717, 1.165) is 0 Å². The molecule has 0 saturated heterocycles. The second-order valence-corrected chi connectivity index (χ2v) is 19.5. The van der Waals surface area contributed by atoms with Gasteiger partial charge in [-0.25, -0.2) is 0 Å². The maximum atomic E-state index is 5.94. The molecule has 0 rings (SSSR count). The normalized spacial score (nSPS) is 16.8. The third-order valence-corrected chi connectivity index (χ3v) is 7.06. The smallest absolute Gasteiger partial charge is 0.343 e. The number of hydrogen-bond donors (Lipinski definition) is 0. The predicted molar refractivity (Wildman–Crippen MR) is 70.7 cm³/mol. The topological polar surface area (TPSA) is 9.23 Å². The van der Waals surface area contributed by atoms with Crippen molar-refractivity contribution in [3.8, 4) is 0 Å². The number of hydrogen-bond acceptors (Lipinski definition) is 1. The van der Waals surface area contributed by atoms with Gasteiger partial charge in [0.05, 0.1) is 9.52 Å². The van der Waals surface area contributed by atoms with Gasteiger partial charge in [-0.1, -0.05) is 6.55 Å². The molecule has 0 spiro atoms. The highest BCUT2D eigenvalue weighted by atomic mass is 35.8. The Morgan fingerprint density at radius 3 is 1.92 bits per heavy atom. The van der Waals surface area contributed by atoms with Crippen LogP contribution in [0.2, 0.25) is 32.2 Å². The summed E-state index contributed by atoms with van der Waals surface area (Å²) in [5, 5.41) is 0. The molecule has 0 aliphatic carbocycles. The minimum atomic E-state index is -2.49. The molecule has 0 fully saturated rings. The molecule has 0 amide bonds. The van der Waals surface area contributed by atoms with Crippen molar-refractivity contribution in [1.29, 1.82) is 0 Å². The van der Waals surface area contributed by atoms with Crippen LogP contribution in [0.5, 0.6) is 0 Å². The molecule has 0 aromatic heterocycles. The predicted octanol–water partition coefficient (Wildman–Crippen LogP) is 3.04. The zero-order valence-electron chi connectivity index (χ0n) is 8.53. The number of halogens is 3. The lowest BCUT2D eigenvalue weighted by atomic mass is 10.8. The molecule has 0 radical (unpaired) electrons. The Balaban J connectivity index is 4.05. The second kappa shape index (κ2) is 5.53. The Bertz CT molecular complexity index is 138. The summed E-state index contributed by atoms with van der Waals surface area (Å²) in [6.07, 6.45) is 0. The quantitative estimate of drug-likeness (QED) is 0.559. The summed E-state index contributed by atoms with van der Waals surface area (Å²) in [7, 11) is -1.70. The van der Waals surface area contributed by atoms with Crippen molar-refractivity contribution >= 4 is 57.1 Å². The van der Waals surface area contributed by atoms with E-state index in [2.05, 4.69) is 26.2 Å². The Morgan fingerprint density at radius 1 is 1.23 bits per heavy atom. The number of rotatable bonds is 5. The van der Waals surface area contributed by atoms with Crippen molar-refractivity contribution in [2.24, 2.45) is 0 Å². The minimum absolute atomic E-state index is 0.238. The highest BCUT2D eigenvalue weighted by Crippen LogP contribution is 2.28. The fourth-order valence-electron chi connectivity index (χ4n) is 1.03. The van der Waals surface area contributed by atoms with Crippen LogP contribution in [-0.4, -0.2) is 29.6 Å². The van der Waals surface area contributed by atoms with Crippen molar-refractivity contribution in [2.45, 2.75) is 38.0 Å². The van der Waals surface area contributed by atoms with Gasteiger partial charge in [0.25, 0.3) is 0 Å². The first-order chi connectivity index (χ1) is 5.64. The molecular weight excluding hydrogens is 279 g/mol. The second-order valence-electron chi connectivity index (χ2n) is 4.08.